The fourth-order valence-corrected chi connectivity index (χ4v) is 2.32. The van der Waals surface area contributed by atoms with Crippen molar-refractivity contribution in [2.24, 2.45) is 0 Å². The summed E-state index contributed by atoms with van der Waals surface area (Å²) in [4.78, 5) is 2.83. The van der Waals surface area contributed by atoms with Crippen molar-refractivity contribution in [2.45, 2.75) is 18.5 Å². The van der Waals surface area contributed by atoms with Crippen LogP contribution in [0, 0.1) is 0 Å². The summed E-state index contributed by atoms with van der Waals surface area (Å²) >= 11 is 11.2. The first kappa shape index (κ1) is 8.82. The van der Waals surface area contributed by atoms with Gasteiger partial charge in [0.1, 0.15) is 7.85 Å². The number of hydrogen-bond donors (Lipinski definition) is 1. The highest BCUT2D eigenvalue weighted by Crippen LogP contribution is 2.03. The normalized spacial score (nSPS) is 16.0. The molecule has 0 aromatic carbocycles. The molecule has 0 aromatic heterocycles. The summed E-state index contributed by atoms with van der Waals surface area (Å²) in [6.07, 6.45) is 0. The Balaban J connectivity index is 3.39. The third-order valence-corrected chi connectivity index (χ3v) is 2.10. The van der Waals surface area contributed by atoms with E-state index < -0.39 is 12.9 Å². The first-order valence-corrected chi connectivity index (χ1v) is 6.73. The van der Waals surface area contributed by atoms with Crippen LogP contribution in [-0.4, -0.2) is 20.8 Å². The summed E-state index contributed by atoms with van der Waals surface area (Å²) < 4.78 is 0. The Morgan fingerprint density at radius 2 is 2.00 bits per heavy atom. The van der Waals surface area contributed by atoms with Crippen molar-refractivity contribution in [3.63, 3.8) is 0 Å². The standard InChI is InChI=1S/C3H8BCl2NSi/c1-8(2,6)7-3(4)5/h3,7H,1-2H3. The Labute approximate surface area is 61.9 Å². The molecule has 0 saturated heterocycles. The van der Waals surface area contributed by atoms with E-state index in [0.717, 1.165) is 0 Å². The van der Waals surface area contributed by atoms with Crippen LogP contribution in [0.4, 0.5) is 0 Å². The molecule has 0 rings (SSSR count). The van der Waals surface area contributed by atoms with Gasteiger partial charge in [-0.25, -0.2) is 0 Å². The van der Waals surface area contributed by atoms with E-state index >= 15 is 0 Å². The molecular weight excluding hydrogens is 160 g/mol. The van der Waals surface area contributed by atoms with E-state index in [0.29, 0.717) is 0 Å². The molecule has 0 aliphatic carbocycles. The van der Waals surface area contributed by atoms with Gasteiger partial charge in [-0.1, -0.05) is 0 Å². The molecule has 1 unspecified atom stereocenters. The average Bonchev–Trinajstić information content (AvgIpc) is 1.21. The molecular formula is C3H8BCl2NSi. The summed E-state index contributed by atoms with van der Waals surface area (Å²) in [7, 11) is 3.43. The zero-order valence-electron chi connectivity index (χ0n) is 4.91. The van der Waals surface area contributed by atoms with Gasteiger partial charge in [-0.15, -0.1) is 22.7 Å². The quantitative estimate of drug-likeness (QED) is 0.282. The van der Waals surface area contributed by atoms with E-state index in [-0.39, 0.29) is 0 Å². The van der Waals surface area contributed by atoms with Gasteiger partial charge >= 0.3 is 0 Å². The van der Waals surface area contributed by atoms with Crippen molar-refractivity contribution in [2.75, 3.05) is 0 Å². The Hall–Kier alpha value is 0.822. The SMILES string of the molecule is [B]C(Cl)N[Si](C)(C)Cl. The number of alkyl halides is 1. The molecule has 0 bridgehead atoms. The number of halogens is 2. The van der Waals surface area contributed by atoms with Crippen LogP contribution in [0.2, 0.25) is 13.1 Å². The van der Waals surface area contributed by atoms with Crippen LogP contribution >= 0.6 is 22.7 Å². The molecule has 0 heterocycles. The zero-order valence-corrected chi connectivity index (χ0v) is 7.42. The third kappa shape index (κ3) is 6.82. The minimum atomic E-state index is -1.76. The Morgan fingerprint density at radius 3 is 2.00 bits per heavy atom. The van der Waals surface area contributed by atoms with E-state index in [2.05, 4.69) is 4.98 Å². The molecule has 0 amide bonds. The summed E-state index contributed by atoms with van der Waals surface area (Å²) in [6.45, 7) is 3.83. The monoisotopic (exact) mass is 167 g/mol. The molecule has 2 radical (unpaired) electrons. The Kier molecular flexibility index (Phi) is 3.43. The zero-order chi connectivity index (χ0) is 6.78. The van der Waals surface area contributed by atoms with E-state index in [1.54, 1.807) is 0 Å². The van der Waals surface area contributed by atoms with Gasteiger partial charge in [0.15, 0.2) is 0 Å². The predicted octanol–water partition coefficient (Wildman–Crippen LogP) is 1.21. The van der Waals surface area contributed by atoms with Crippen molar-refractivity contribution < 1.29 is 0 Å². The molecule has 0 spiro atoms. The van der Waals surface area contributed by atoms with Crippen LogP contribution in [-0.2, 0) is 0 Å². The largest absolute Gasteiger partial charge is 0.318 e. The van der Waals surface area contributed by atoms with Gasteiger partial charge in [-0.05, 0) is 13.1 Å². The average molecular weight is 168 g/mol. The molecule has 8 heavy (non-hydrogen) atoms. The van der Waals surface area contributed by atoms with Gasteiger partial charge in [0.05, 0.1) is 0 Å². The van der Waals surface area contributed by atoms with Crippen LogP contribution in [0.3, 0.4) is 0 Å². The molecule has 5 heteroatoms. The van der Waals surface area contributed by atoms with Gasteiger partial charge < -0.3 is 4.98 Å². The predicted molar refractivity (Wildman–Crippen MR) is 41.9 cm³/mol. The van der Waals surface area contributed by atoms with Crippen molar-refractivity contribution in [1.29, 1.82) is 0 Å². The molecule has 1 N–H and O–H groups in total. The van der Waals surface area contributed by atoms with Crippen molar-refractivity contribution in [3.05, 3.63) is 0 Å². The van der Waals surface area contributed by atoms with E-state index in [4.69, 9.17) is 30.5 Å². The second-order valence-corrected chi connectivity index (χ2v) is 8.56. The summed E-state index contributed by atoms with van der Waals surface area (Å²) in [6, 6.07) is 0. The fourth-order valence-electron chi connectivity index (χ4n) is 0.328. The number of hydrogen-bond acceptors (Lipinski definition) is 1. The first-order chi connectivity index (χ1) is 3.42. The fraction of sp³-hybridized carbons (Fsp3) is 1.00. The molecule has 46 valence electrons. The maximum atomic E-state index is 5.79. The minimum absolute atomic E-state index is 0.505. The summed E-state index contributed by atoms with van der Waals surface area (Å²) in [5.74, 6) is 0. The Morgan fingerprint density at radius 1 is 1.62 bits per heavy atom. The van der Waals surface area contributed by atoms with E-state index in [9.17, 15) is 0 Å². The van der Waals surface area contributed by atoms with Crippen LogP contribution in [0.1, 0.15) is 0 Å². The number of nitrogens with one attached hydrogen (secondary N) is 1. The molecule has 0 fully saturated rings. The first-order valence-electron chi connectivity index (χ1n) is 2.28. The van der Waals surface area contributed by atoms with Crippen molar-refractivity contribution in [1.82, 2.24) is 4.98 Å². The second-order valence-electron chi connectivity index (χ2n) is 2.02. The summed E-state index contributed by atoms with van der Waals surface area (Å²) in [5.41, 5.74) is 0. The lowest BCUT2D eigenvalue weighted by Crippen LogP contribution is -2.43. The topological polar surface area (TPSA) is 12.0 Å². The Bertz CT molecular complexity index is 72.2. The highest BCUT2D eigenvalue weighted by molar-refractivity contribution is 7.17. The number of rotatable bonds is 2. The highest BCUT2D eigenvalue weighted by Gasteiger charge is 2.17. The van der Waals surface area contributed by atoms with Gasteiger partial charge in [-0.2, -0.15) is 0 Å². The summed E-state index contributed by atoms with van der Waals surface area (Å²) in [5, 5.41) is -0.505. The molecule has 0 aromatic rings. The van der Waals surface area contributed by atoms with Crippen LogP contribution in [0.5, 0.6) is 0 Å². The van der Waals surface area contributed by atoms with Crippen molar-refractivity contribution in [3.8, 4) is 0 Å². The molecule has 0 saturated carbocycles. The van der Waals surface area contributed by atoms with Gasteiger partial charge in [0, 0.05) is 5.40 Å². The lowest BCUT2D eigenvalue weighted by molar-refractivity contribution is 1.06. The maximum Gasteiger partial charge on any atom is 0.220 e. The highest BCUT2D eigenvalue weighted by atomic mass is 35.6. The third-order valence-electron chi connectivity index (χ3n) is 0.481. The van der Waals surface area contributed by atoms with Crippen LogP contribution in [0.25, 0.3) is 0 Å². The van der Waals surface area contributed by atoms with Gasteiger partial charge in [-0.3, -0.25) is 0 Å². The molecule has 0 aliphatic heterocycles. The molecule has 0 aliphatic rings. The minimum Gasteiger partial charge on any atom is -0.318 e. The lowest BCUT2D eigenvalue weighted by Gasteiger charge is -2.16. The van der Waals surface area contributed by atoms with E-state index in [1.165, 1.54) is 0 Å². The van der Waals surface area contributed by atoms with Gasteiger partial charge in [0.25, 0.3) is 0 Å². The van der Waals surface area contributed by atoms with Gasteiger partial charge in [0.2, 0.25) is 7.55 Å². The second kappa shape index (κ2) is 3.11. The van der Waals surface area contributed by atoms with Crippen LogP contribution in [0.15, 0.2) is 0 Å². The van der Waals surface area contributed by atoms with E-state index in [1.807, 2.05) is 13.1 Å². The van der Waals surface area contributed by atoms with Crippen molar-refractivity contribution >= 4 is 38.1 Å². The molecule has 1 nitrogen and oxygen atoms in total. The lowest BCUT2D eigenvalue weighted by atomic mass is 10.2. The smallest absolute Gasteiger partial charge is 0.220 e. The molecule has 1 atom stereocenters. The maximum absolute atomic E-state index is 5.79. The van der Waals surface area contributed by atoms with Crippen LogP contribution < -0.4 is 4.98 Å².